The number of nitrogens with zero attached hydrogens (tertiary/aromatic N) is 4. The Morgan fingerprint density at radius 2 is 1.87 bits per heavy atom. The van der Waals surface area contributed by atoms with E-state index in [2.05, 4.69) is 19.6 Å². The summed E-state index contributed by atoms with van der Waals surface area (Å²) in [6.07, 6.45) is -1.28. The first-order valence-electron chi connectivity index (χ1n) is 6.22. The van der Waals surface area contributed by atoms with E-state index in [0.717, 1.165) is 11.4 Å². The van der Waals surface area contributed by atoms with E-state index in [4.69, 9.17) is 5.73 Å². The van der Waals surface area contributed by atoms with Gasteiger partial charge in [-0.2, -0.15) is 18.2 Å². The van der Waals surface area contributed by atoms with Gasteiger partial charge in [-0.1, -0.05) is 5.16 Å². The van der Waals surface area contributed by atoms with Crippen LogP contribution in [0.5, 0.6) is 0 Å². The number of alkyl halides is 3. The smallest absolute Gasteiger partial charge is 0.329 e. The SMILES string of the molecule is Cl.NCc1cn(-c2ccc(-c3noc(C(F)(F)F)n3)cc2)cn1. The number of halogens is 4. The molecule has 0 aliphatic rings. The first-order chi connectivity index (χ1) is 10.5. The summed E-state index contributed by atoms with van der Waals surface area (Å²) in [5.41, 5.74) is 7.42. The van der Waals surface area contributed by atoms with E-state index < -0.39 is 12.1 Å². The van der Waals surface area contributed by atoms with Gasteiger partial charge in [0.05, 0.1) is 12.0 Å². The molecule has 1 aromatic carbocycles. The number of imidazole rings is 1. The monoisotopic (exact) mass is 345 g/mol. The van der Waals surface area contributed by atoms with Crippen molar-refractivity contribution >= 4 is 12.4 Å². The van der Waals surface area contributed by atoms with Crippen molar-refractivity contribution in [1.29, 1.82) is 0 Å². The van der Waals surface area contributed by atoms with Crippen molar-refractivity contribution in [3.05, 3.63) is 48.4 Å². The van der Waals surface area contributed by atoms with E-state index in [1.807, 2.05) is 0 Å². The highest BCUT2D eigenvalue weighted by Gasteiger charge is 2.38. The fourth-order valence-electron chi connectivity index (χ4n) is 1.85. The van der Waals surface area contributed by atoms with Crippen LogP contribution in [0.4, 0.5) is 13.2 Å². The lowest BCUT2D eigenvalue weighted by molar-refractivity contribution is -0.159. The van der Waals surface area contributed by atoms with Crippen molar-refractivity contribution in [2.45, 2.75) is 12.7 Å². The molecule has 0 unspecified atom stereocenters. The Morgan fingerprint density at radius 3 is 2.39 bits per heavy atom. The van der Waals surface area contributed by atoms with E-state index in [1.165, 1.54) is 0 Å². The summed E-state index contributed by atoms with van der Waals surface area (Å²) in [7, 11) is 0. The highest BCUT2D eigenvalue weighted by molar-refractivity contribution is 5.85. The van der Waals surface area contributed by atoms with Gasteiger partial charge >= 0.3 is 12.1 Å². The van der Waals surface area contributed by atoms with E-state index >= 15 is 0 Å². The lowest BCUT2D eigenvalue weighted by Crippen LogP contribution is -2.04. The minimum Gasteiger partial charge on any atom is -0.329 e. The highest BCUT2D eigenvalue weighted by atomic mass is 35.5. The topological polar surface area (TPSA) is 82.8 Å². The van der Waals surface area contributed by atoms with Crippen LogP contribution in [-0.4, -0.2) is 19.7 Å². The maximum Gasteiger partial charge on any atom is 0.471 e. The third kappa shape index (κ3) is 3.51. The lowest BCUT2D eigenvalue weighted by Gasteiger charge is -2.02. The molecule has 0 aliphatic carbocycles. The second-order valence-corrected chi connectivity index (χ2v) is 4.44. The average Bonchev–Trinajstić information content (AvgIpc) is 3.16. The zero-order chi connectivity index (χ0) is 15.7. The number of nitrogens with two attached hydrogens (primary N) is 1. The van der Waals surface area contributed by atoms with Crippen LogP contribution in [0, 0.1) is 0 Å². The summed E-state index contributed by atoms with van der Waals surface area (Å²) in [4.78, 5) is 7.43. The number of rotatable bonds is 3. The van der Waals surface area contributed by atoms with Crippen molar-refractivity contribution in [1.82, 2.24) is 19.7 Å². The summed E-state index contributed by atoms with van der Waals surface area (Å²) in [6, 6.07) is 6.62. The molecule has 3 rings (SSSR count). The summed E-state index contributed by atoms with van der Waals surface area (Å²) in [6.45, 7) is 0.328. The van der Waals surface area contributed by atoms with E-state index in [1.54, 1.807) is 41.4 Å². The first kappa shape index (κ1) is 17.0. The van der Waals surface area contributed by atoms with Crippen LogP contribution in [0.25, 0.3) is 17.1 Å². The largest absolute Gasteiger partial charge is 0.471 e. The fraction of sp³-hybridized carbons (Fsp3) is 0.154. The first-order valence-corrected chi connectivity index (χ1v) is 6.22. The predicted octanol–water partition coefficient (Wildman–Crippen LogP) is 2.82. The molecule has 6 nitrogen and oxygen atoms in total. The predicted molar refractivity (Wildman–Crippen MR) is 77.0 cm³/mol. The standard InChI is InChI=1S/C13H10F3N5O.ClH/c14-13(15,16)12-19-11(20-22-12)8-1-3-10(4-2-8)21-6-9(5-17)18-7-21;/h1-4,6-7H,5,17H2;1H. The Kier molecular flexibility index (Phi) is 4.71. The van der Waals surface area contributed by atoms with Crippen LogP contribution in [0.2, 0.25) is 0 Å². The summed E-state index contributed by atoms with van der Waals surface area (Å²) >= 11 is 0. The van der Waals surface area contributed by atoms with E-state index in [9.17, 15) is 13.2 Å². The average molecular weight is 346 g/mol. The third-order valence-corrected chi connectivity index (χ3v) is 2.94. The van der Waals surface area contributed by atoms with Crippen LogP contribution in [0.3, 0.4) is 0 Å². The maximum absolute atomic E-state index is 12.4. The van der Waals surface area contributed by atoms with Crippen molar-refractivity contribution in [3.63, 3.8) is 0 Å². The van der Waals surface area contributed by atoms with E-state index in [0.29, 0.717) is 12.1 Å². The Hall–Kier alpha value is -2.39. The number of hydrogen-bond acceptors (Lipinski definition) is 5. The zero-order valence-corrected chi connectivity index (χ0v) is 12.3. The molecule has 0 spiro atoms. The van der Waals surface area contributed by atoms with Crippen LogP contribution in [-0.2, 0) is 12.7 Å². The molecule has 2 heterocycles. The normalized spacial score (nSPS) is 11.3. The fourth-order valence-corrected chi connectivity index (χ4v) is 1.85. The molecule has 0 amide bonds. The minimum atomic E-state index is -4.65. The molecule has 0 saturated heterocycles. The van der Waals surface area contributed by atoms with Gasteiger partial charge in [0.2, 0.25) is 5.82 Å². The molecule has 122 valence electrons. The zero-order valence-electron chi connectivity index (χ0n) is 11.5. The molecule has 0 radical (unpaired) electrons. The van der Waals surface area contributed by atoms with Crippen LogP contribution >= 0.6 is 12.4 Å². The van der Waals surface area contributed by atoms with Gasteiger partial charge in [-0.05, 0) is 24.3 Å². The molecule has 23 heavy (non-hydrogen) atoms. The molecule has 2 N–H and O–H groups in total. The maximum atomic E-state index is 12.4. The lowest BCUT2D eigenvalue weighted by atomic mass is 10.2. The Bertz CT molecular complexity index is 782. The Morgan fingerprint density at radius 1 is 1.17 bits per heavy atom. The summed E-state index contributed by atoms with van der Waals surface area (Å²) < 4.78 is 43.2. The van der Waals surface area contributed by atoms with E-state index in [-0.39, 0.29) is 18.2 Å². The molecule has 0 saturated carbocycles. The van der Waals surface area contributed by atoms with Crippen LogP contribution < -0.4 is 5.73 Å². The summed E-state index contributed by atoms with van der Waals surface area (Å²) in [5, 5.41) is 3.33. The summed E-state index contributed by atoms with van der Waals surface area (Å²) in [5.74, 6) is -1.49. The Balaban J connectivity index is 0.00000192. The molecule has 3 aromatic rings. The second kappa shape index (κ2) is 6.39. The molecule has 0 aliphatic heterocycles. The molecule has 0 bridgehead atoms. The van der Waals surface area contributed by atoms with Gasteiger partial charge in [-0.15, -0.1) is 12.4 Å². The molecule has 0 fully saturated rings. The number of aromatic nitrogens is 4. The van der Waals surface area contributed by atoms with Gasteiger partial charge < -0.3 is 14.8 Å². The van der Waals surface area contributed by atoms with Gasteiger partial charge in [0.1, 0.15) is 0 Å². The molecule has 10 heteroatoms. The van der Waals surface area contributed by atoms with Crippen molar-refractivity contribution < 1.29 is 17.7 Å². The highest BCUT2D eigenvalue weighted by Crippen LogP contribution is 2.29. The minimum absolute atomic E-state index is 0. The number of hydrogen-bond donors (Lipinski definition) is 1. The molecule has 0 atom stereocenters. The third-order valence-electron chi connectivity index (χ3n) is 2.94. The second-order valence-electron chi connectivity index (χ2n) is 4.44. The van der Waals surface area contributed by atoms with Crippen molar-refractivity contribution in [2.24, 2.45) is 5.73 Å². The Labute approximate surface area is 134 Å². The molecule has 2 aromatic heterocycles. The van der Waals surface area contributed by atoms with Gasteiger partial charge in [0.15, 0.2) is 0 Å². The van der Waals surface area contributed by atoms with Gasteiger partial charge in [0, 0.05) is 24.0 Å². The van der Waals surface area contributed by atoms with Gasteiger partial charge in [0.25, 0.3) is 0 Å². The number of benzene rings is 1. The van der Waals surface area contributed by atoms with Gasteiger partial charge in [-0.25, -0.2) is 4.98 Å². The molecular weight excluding hydrogens is 335 g/mol. The quantitative estimate of drug-likeness (QED) is 0.789. The van der Waals surface area contributed by atoms with Gasteiger partial charge in [-0.3, -0.25) is 0 Å². The van der Waals surface area contributed by atoms with Crippen molar-refractivity contribution in [3.8, 4) is 17.1 Å². The van der Waals surface area contributed by atoms with Crippen LogP contribution in [0.1, 0.15) is 11.6 Å². The molecular formula is C13H11ClF3N5O. The van der Waals surface area contributed by atoms with Crippen molar-refractivity contribution in [2.75, 3.05) is 0 Å². The van der Waals surface area contributed by atoms with Crippen LogP contribution in [0.15, 0.2) is 41.3 Å².